The first kappa shape index (κ1) is 28.2. The van der Waals surface area contributed by atoms with Crippen molar-refractivity contribution >= 4 is 35.8 Å². The van der Waals surface area contributed by atoms with Gasteiger partial charge < -0.3 is 5.73 Å². The van der Waals surface area contributed by atoms with Crippen molar-refractivity contribution in [3.63, 3.8) is 0 Å². The molecule has 0 atom stereocenters. The van der Waals surface area contributed by atoms with Crippen LogP contribution in [0.1, 0.15) is 86.0 Å². The summed E-state index contributed by atoms with van der Waals surface area (Å²) in [5.41, 5.74) is 13.2. The molecule has 204 valence electrons. The number of fused-ring (bicyclic) bond motifs is 1. The Bertz CT molecular complexity index is 1190. The number of nitrogens with zero attached hydrogens (tertiary/aromatic N) is 6. The van der Waals surface area contributed by atoms with Gasteiger partial charge in [0.05, 0.1) is 12.2 Å². The fourth-order valence-electron chi connectivity index (χ4n) is 5.88. The number of allylic oxidation sites excluding steroid dienone is 1. The summed E-state index contributed by atoms with van der Waals surface area (Å²) in [5, 5.41) is 9.75. The van der Waals surface area contributed by atoms with Crippen LogP contribution < -0.4 is 10.5 Å². The van der Waals surface area contributed by atoms with Gasteiger partial charge in [-0.05, 0) is 75.8 Å². The van der Waals surface area contributed by atoms with E-state index in [0.29, 0.717) is 18.3 Å². The van der Waals surface area contributed by atoms with Gasteiger partial charge in [0.1, 0.15) is 11.5 Å². The Hall–Kier alpha value is -2.80. The molecule has 2 aromatic rings. The zero-order valence-electron chi connectivity index (χ0n) is 23.1. The summed E-state index contributed by atoms with van der Waals surface area (Å²) in [6.45, 7) is 7.95. The number of nitrogens with two attached hydrogens (primary N) is 1. The fourth-order valence-corrected chi connectivity index (χ4v) is 6.53. The summed E-state index contributed by atoms with van der Waals surface area (Å²) in [4.78, 5) is 4.55. The maximum atomic E-state index is 6.50. The average molecular weight is 535 g/mol. The lowest BCUT2D eigenvalue weighted by Crippen LogP contribution is -2.30. The number of amidine groups is 1. The van der Waals surface area contributed by atoms with Crippen molar-refractivity contribution in [3.8, 4) is 12.8 Å². The van der Waals surface area contributed by atoms with Crippen molar-refractivity contribution in [1.82, 2.24) is 23.5 Å². The number of aliphatic imine (C=N–C) groups is 1. The normalized spacial score (nSPS) is 19.4. The first-order valence-corrected chi connectivity index (χ1v) is 14.5. The van der Waals surface area contributed by atoms with E-state index in [2.05, 4.69) is 68.4 Å². The van der Waals surface area contributed by atoms with E-state index in [-0.39, 0.29) is 0 Å². The highest BCUT2D eigenvalue weighted by Crippen LogP contribution is 2.36. The van der Waals surface area contributed by atoms with Gasteiger partial charge in [0.25, 0.3) is 0 Å². The molecular formula is C29H42N8S. The van der Waals surface area contributed by atoms with E-state index in [1.807, 2.05) is 13.3 Å². The summed E-state index contributed by atoms with van der Waals surface area (Å²) in [7, 11) is 1.97. The van der Waals surface area contributed by atoms with Gasteiger partial charge in [-0.25, -0.2) is 8.98 Å². The van der Waals surface area contributed by atoms with E-state index in [1.165, 1.54) is 43.4 Å². The Morgan fingerprint density at radius 1 is 1.18 bits per heavy atom. The van der Waals surface area contributed by atoms with Crippen molar-refractivity contribution in [1.29, 1.82) is 0 Å². The zero-order chi connectivity index (χ0) is 27.1. The van der Waals surface area contributed by atoms with Crippen LogP contribution in [0.25, 0.3) is 11.6 Å². The number of hydrogen-bond acceptors (Lipinski definition) is 7. The molecular weight excluding hydrogens is 492 g/mol. The first-order valence-electron chi connectivity index (χ1n) is 13.8. The minimum atomic E-state index is 0.443. The molecule has 2 aliphatic heterocycles. The van der Waals surface area contributed by atoms with Crippen molar-refractivity contribution in [3.05, 3.63) is 40.5 Å². The SMILES string of the molecule is C#C.CNSN1CCC(c2cc(/C(C)=C/c3nn(CC4CCCCC4)cc3C)c3n2N=CCN=C3N)CC1. The summed E-state index contributed by atoms with van der Waals surface area (Å²) in [5.74, 6) is 1.76. The molecule has 0 unspecified atom stereocenters. The van der Waals surface area contributed by atoms with Gasteiger partial charge in [0.2, 0.25) is 0 Å². The van der Waals surface area contributed by atoms with Crippen LogP contribution in [0.4, 0.5) is 0 Å². The molecule has 38 heavy (non-hydrogen) atoms. The molecule has 3 aliphatic rings. The first-order chi connectivity index (χ1) is 18.5. The highest BCUT2D eigenvalue weighted by atomic mass is 32.2. The Labute approximate surface area is 232 Å². The third kappa shape index (κ3) is 6.42. The molecule has 5 rings (SSSR count). The largest absolute Gasteiger partial charge is 0.382 e. The van der Waals surface area contributed by atoms with Gasteiger partial charge in [-0.3, -0.25) is 14.4 Å². The summed E-state index contributed by atoms with van der Waals surface area (Å²) in [6, 6.07) is 2.30. The smallest absolute Gasteiger partial charge is 0.145 e. The standard InChI is InChI=1S/C27H40N8S.C2H2/c1-19(15-24-20(2)17-33(32-24)18-21-7-5-4-6-8-21)23-16-25(22-9-13-34(14-10-22)36-29-3)35-26(23)27(28)30-11-12-31-35;1-2/h12,15-17,21-22,29H,4-11,13-14,18H2,1-3H3,(H2,28,30);1-2H/b19-15+;. The Morgan fingerprint density at radius 2 is 1.92 bits per heavy atom. The second kappa shape index (κ2) is 13.3. The van der Waals surface area contributed by atoms with Crippen molar-refractivity contribution < 1.29 is 0 Å². The van der Waals surface area contributed by atoms with Gasteiger partial charge in [0, 0.05) is 61.4 Å². The lowest BCUT2D eigenvalue weighted by molar-refractivity contribution is 0.308. The molecule has 8 nitrogen and oxygen atoms in total. The number of rotatable bonds is 7. The molecule has 1 saturated heterocycles. The molecule has 0 bridgehead atoms. The molecule has 4 heterocycles. The number of aryl methyl sites for hydroxylation is 1. The molecule has 0 aromatic carbocycles. The van der Waals surface area contributed by atoms with E-state index in [1.54, 1.807) is 12.1 Å². The van der Waals surface area contributed by atoms with Crippen LogP contribution in [0.5, 0.6) is 0 Å². The summed E-state index contributed by atoms with van der Waals surface area (Å²) in [6.07, 6.45) is 23.2. The highest BCUT2D eigenvalue weighted by molar-refractivity contribution is 7.95. The molecule has 1 aliphatic carbocycles. The Balaban J connectivity index is 0.00000164. The van der Waals surface area contributed by atoms with E-state index in [4.69, 9.17) is 15.9 Å². The van der Waals surface area contributed by atoms with E-state index >= 15 is 0 Å². The van der Waals surface area contributed by atoms with Crippen LogP contribution >= 0.6 is 12.1 Å². The second-order valence-corrected chi connectivity index (χ2v) is 11.5. The molecule has 1 saturated carbocycles. The predicted molar refractivity (Wildman–Crippen MR) is 161 cm³/mol. The molecule has 2 aromatic heterocycles. The van der Waals surface area contributed by atoms with Gasteiger partial charge in [0.15, 0.2) is 0 Å². The summed E-state index contributed by atoms with van der Waals surface area (Å²) < 4.78 is 9.80. The Morgan fingerprint density at radius 3 is 2.63 bits per heavy atom. The second-order valence-electron chi connectivity index (χ2n) is 10.4. The maximum absolute atomic E-state index is 6.50. The van der Waals surface area contributed by atoms with Crippen LogP contribution in [0.2, 0.25) is 0 Å². The molecule has 2 fully saturated rings. The van der Waals surface area contributed by atoms with Gasteiger partial charge in [-0.2, -0.15) is 10.2 Å². The lowest BCUT2D eigenvalue weighted by atomic mass is 9.89. The van der Waals surface area contributed by atoms with Crippen molar-refractivity contribution in [2.24, 2.45) is 21.7 Å². The van der Waals surface area contributed by atoms with Crippen LogP contribution in [0.3, 0.4) is 0 Å². The quantitative estimate of drug-likeness (QED) is 0.390. The number of piperidine rings is 1. The number of hydrogen-bond donors (Lipinski definition) is 2. The average Bonchev–Trinajstić information content (AvgIpc) is 3.42. The van der Waals surface area contributed by atoms with Crippen molar-refractivity contribution in [2.45, 2.75) is 71.3 Å². The number of terminal acetylenes is 1. The van der Waals surface area contributed by atoms with Crippen molar-refractivity contribution in [2.75, 3.05) is 26.7 Å². The fraction of sp³-hybridized carbons (Fsp3) is 0.552. The minimum absolute atomic E-state index is 0.443. The molecule has 3 N–H and O–H groups in total. The third-order valence-corrected chi connectivity index (χ3v) is 8.62. The number of nitrogens with one attached hydrogen (secondary N) is 1. The monoisotopic (exact) mass is 534 g/mol. The maximum Gasteiger partial charge on any atom is 0.145 e. The van der Waals surface area contributed by atoms with E-state index in [9.17, 15) is 0 Å². The topological polar surface area (TPSA) is 88.8 Å². The lowest BCUT2D eigenvalue weighted by Gasteiger charge is -2.30. The molecule has 0 spiro atoms. The van der Waals surface area contributed by atoms with Crippen LogP contribution in [-0.2, 0) is 6.54 Å². The number of aromatic nitrogens is 3. The third-order valence-electron chi connectivity index (χ3n) is 7.81. The van der Waals surface area contributed by atoms with Crippen LogP contribution in [0.15, 0.2) is 22.4 Å². The van der Waals surface area contributed by atoms with Gasteiger partial charge in [-0.15, -0.1) is 12.8 Å². The Kier molecular flexibility index (Phi) is 9.89. The van der Waals surface area contributed by atoms with E-state index < -0.39 is 0 Å². The predicted octanol–water partition coefficient (Wildman–Crippen LogP) is 4.90. The van der Waals surface area contributed by atoms with E-state index in [0.717, 1.165) is 60.9 Å². The van der Waals surface area contributed by atoms with Crippen LogP contribution in [-0.4, -0.2) is 57.5 Å². The minimum Gasteiger partial charge on any atom is -0.382 e. The van der Waals surface area contributed by atoms with Crippen LogP contribution in [0, 0.1) is 25.7 Å². The summed E-state index contributed by atoms with van der Waals surface area (Å²) >= 11 is 1.70. The van der Waals surface area contributed by atoms with Gasteiger partial charge in [-0.1, -0.05) is 19.3 Å². The molecule has 0 radical (unpaired) electrons. The molecule has 0 amide bonds. The highest BCUT2D eigenvalue weighted by Gasteiger charge is 2.28. The molecule has 9 heteroatoms. The zero-order valence-corrected chi connectivity index (χ0v) is 23.9. The van der Waals surface area contributed by atoms with Gasteiger partial charge >= 0.3 is 0 Å².